The highest BCUT2D eigenvalue weighted by Gasteiger charge is 2.20. The molecule has 96 valence electrons. The molecule has 0 aliphatic carbocycles. The monoisotopic (exact) mass is 391 g/mol. The molecule has 0 aliphatic heterocycles. The van der Waals surface area contributed by atoms with Crippen LogP contribution in [0.5, 0.6) is 0 Å². The van der Waals surface area contributed by atoms with Crippen molar-refractivity contribution in [1.82, 2.24) is 3.97 Å². The first-order valence-electron chi connectivity index (χ1n) is 5.23. The van der Waals surface area contributed by atoms with Crippen molar-refractivity contribution in [2.75, 3.05) is 0 Å². The van der Waals surface area contributed by atoms with Gasteiger partial charge < -0.3 is 0 Å². The van der Waals surface area contributed by atoms with Crippen LogP contribution in [0.3, 0.4) is 0 Å². The van der Waals surface area contributed by atoms with E-state index in [4.69, 9.17) is 0 Å². The molecule has 0 saturated heterocycles. The zero-order chi connectivity index (χ0) is 13.2. The summed E-state index contributed by atoms with van der Waals surface area (Å²) in [6.45, 7) is 0. The summed E-state index contributed by atoms with van der Waals surface area (Å²) in [7, 11) is -3.51. The lowest BCUT2D eigenvalue weighted by Gasteiger charge is -2.09. The highest BCUT2D eigenvalue weighted by Crippen LogP contribution is 2.23. The maximum atomic E-state index is 12.5. The Labute approximate surface area is 123 Å². The summed E-state index contributed by atoms with van der Waals surface area (Å²) < 4.78 is 26.3. The normalized spacial score (nSPS) is 11.7. The van der Waals surface area contributed by atoms with Crippen LogP contribution < -0.4 is 0 Å². The molecule has 1 aromatic carbocycles. The van der Waals surface area contributed by atoms with Gasteiger partial charge in [0, 0.05) is 22.6 Å². The average molecular weight is 393 g/mol. The summed E-state index contributed by atoms with van der Waals surface area (Å²) in [6, 6.07) is 10.2. The van der Waals surface area contributed by atoms with E-state index in [1.165, 1.54) is 3.97 Å². The SMILES string of the molecule is O=S(=O)(c1ccccc1)n1ccc(CBr)c1CBr. The van der Waals surface area contributed by atoms with Gasteiger partial charge in [0.1, 0.15) is 0 Å². The Morgan fingerprint density at radius 2 is 1.67 bits per heavy atom. The predicted octanol–water partition coefficient (Wildman–Crippen LogP) is 3.51. The number of aromatic nitrogens is 1. The number of alkyl halides is 2. The lowest BCUT2D eigenvalue weighted by atomic mass is 10.3. The van der Waals surface area contributed by atoms with E-state index in [0.717, 1.165) is 11.3 Å². The van der Waals surface area contributed by atoms with E-state index in [0.29, 0.717) is 15.6 Å². The molecule has 1 aromatic heterocycles. The summed E-state index contributed by atoms with van der Waals surface area (Å²) >= 11 is 6.69. The number of halogens is 2. The second-order valence-corrected chi connectivity index (χ2v) is 6.61. The van der Waals surface area contributed by atoms with Crippen molar-refractivity contribution in [1.29, 1.82) is 0 Å². The van der Waals surface area contributed by atoms with Gasteiger partial charge in [-0.15, -0.1) is 0 Å². The van der Waals surface area contributed by atoms with Crippen LogP contribution in [0.2, 0.25) is 0 Å². The molecule has 1 heterocycles. The zero-order valence-electron chi connectivity index (χ0n) is 9.38. The third kappa shape index (κ3) is 2.41. The van der Waals surface area contributed by atoms with Gasteiger partial charge in [0.05, 0.1) is 4.90 Å². The zero-order valence-corrected chi connectivity index (χ0v) is 13.4. The van der Waals surface area contributed by atoms with Crippen molar-refractivity contribution in [3.8, 4) is 0 Å². The highest BCUT2D eigenvalue weighted by molar-refractivity contribution is 9.09. The van der Waals surface area contributed by atoms with Gasteiger partial charge >= 0.3 is 0 Å². The van der Waals surface area contributed by atoms with Crippen LogP contribution >= 0.6 is 31.9 Å². The van der Waals surface area contributed by atoms with Crippen LogP contribution in [0.1, 0.15) is 11.3 Å². The molecule has 2 rings (SSSR count). The van der Waals surface area contributed by atoms with E-state index >= 15 is 0 Å². The first-order valence-corrected chi connectivity index (χ1v) is 8.91. The van der Waals surface area contributed by atoms with E-state index in [1.807, 2.05) is 6.07 Å². The maximum Gasteiger partial charge on any atom is 0.267 e. The first kappa shape index (κ1) is 13.8. The third-order valence-corrected chi connectivity index (χ3v) is 5.48. The Hall–Kier alpha value is -0.590. The van der Waals surface area contributed by atoms with Gasteiger partial charge in [0.25, 0.3) is 10.0 Å². The predicted molar refractivity (Wildman–Crippen MR) is 78.7 cm³/mol. The standard InChI is InChI=1S/C12H11Br2NO2S/c13-8-10-6-7-15(12(10)9-14)18(16,17)11-4-2-1-3-5-11/h1-7H,8-9H2. The molecule has 0 fully saturated rings. The molecule has 6 heteroatoms. The Bertz CT molecular complexity index is 635. The average Bonchev–Trinajstić information content (AvgIpc) is 2.83. The molecular formula is C12H11Br2NO2S. The van der Waals surface area contributed by atoms with Crippen LogP contribution in [0.4, 0.5) is 0 Å². The molecule has 0 amide bonds. The molecule has 0 N–H and O–H groups in total. The molecule has 0 unspecified atom stereocenters. The molecule has 0 radical (unpaired) electrons. The molecule has 0 spiro atoms. The van der Waals surface area contributed by atoms with Gasteiger partial charge in [-0.1, -0.05) is 50.1 Å². The second kappa shape index (κ2) is 5.59. The number of rotatable bonds is 4. The fourth-order valence-corrected chi connectivity index (χ4v) is 4.41. The Morgan fingerprint density at radius 3 is 2.22 bits per heavy atom. The van der Waals surface area contributed by atoms with Crippen molar-refractivity contribution < 1.29 is 8.42 Å². The van der Waals surface area contributed by atoms with Crippen molar-refractivity contribution in [2.24, 2.45) is 0 Å². The smallest absolute Gasteiger partial charge is 0.245 e. The van der Waals surface area contributed by atoms with Gasteiger partial charge in [-0.05, 0) is 23.8 Å². The van der Waals surface area contributed by atoms with Gasteiger partial charge in [0.2, 0.25) is 0 Å². The van der Waals surface area contributed by atoms with Crippen LogP contribution in [-0.2, 0) is 20.7 Å². The van der Waals surface area contributed by atoms with Gasteiger partial charge in [0.15, 0.2) is 0 Å². The van der Waals surface area contributed by atoms with Gasteiger partial charge in [-0.2, -0.15) is 0 Å². The fourth-order valence-electron chi connectivity index (χ4n) is 1.68. The molecule has 0 aliphatic rings. The molecule has 0 saturated carbocycles. The largest absolute Gasteiger partial charge is 0.267 e. The lowest BCUT2D eigenvalue weighted by Crippen LogP contribution is -2.14. The summed E-state index contributed by atoms with van der Waals surface area (Å²) in [5.41, 5.74) is 1.71. The molecular weight excluding hydrogens is 382 g/mol. The van der Waals surface area contributed by atoms with Crippen LogP contribution in [0.25, 0.3) is 0 Å². The summed E-state index contributed by atoms with van der Waals surface area (Å²) in [6.07, 6.45) is 1.59. The molecule has 0 bridgehead atoms. The Morgan fingerprint density at radius 1 is 1.00 bits per heavy atom. The minimum absolute atomic E-state index is 0.295. The number of hydrogen-bond donors (Lipinski definition) is 0. The first-order chi connectivity index (χ1) is 8.61. The van der Waals surface area contributed by atoms with Crippen molar-refractivity contribution in [3.63, 3.8) is 0 Å². The quantitative estimate of drug-likeness (QED) is 0.746. The number of benzene rings is 1. The molecule has 3 nitrogen and oxygen atoms in total. The van der Waals surface area contributed by atoms with Crippen molar-refractivity contribution in [3.05, 3.63) is 53.9 Å². The van der Waals surface area contributed by atoms with E-state index in [-0.39, 0.29) is 0 Å². The Kier molecular flexibility index (Phi) is 4.29. The summed E-state index contributed by atoms with van der Waals surface area (Å²) in [5, 5.41) is 1.12. The maximum absolute atomic E-state index is 12.5. The van der Waals surface area contributed by atoms with Crippen molar-refractivity contribution >= 4 is 41.9 Å². The minimum Gasteiger partial charge on any atom is -0.245 e. The van der Waals surface area contributed by atoms with Crippen LogP contribution in [0.15, 0.2) is 47.5 Å². The number of nitrogens with zero attached hydrogens (tertiary/aromatic N) is 1. The molecule has 18 heavy (non-hydrogen) atoms. The van der Waals surface area contributed by atoms with E-state index in [1.54, 1.807) is 36.5 Å². The van der Waals surface area contributed by atoms with Gasteiger partial charge in [-0.3, -0.25) is 0 Å². The van der Waals surface area contributed by atoms with Crippen LogP contribution in [-0.4, -0.2) is 12.4 Å². The fraction of sp³-hybridized carbons (Fsp3) is 0.167. The highest BCUT2D eigenvalue weighted by atomic mass is 79.9. The summed E-state index contributed by atoms with van der Waals surface area (Å²) in [5.74, 6) is 0. The van der Waals surface area contributed by atoms with Crippen molar-refractivity contribution in [2.45, 2.75) is 15.6 Å². The third-order valence-electron chi connectivity index (χ3n) is 2.62. The topological polar surface area (TPSA) is 39.1 Å². The van der Waals surface area contributed by atoms with E-state index < -0.39 is 10.0 Å². The Balaban J connectivity index is 2.59. The lowest BCUT2D eigenvalue weighted by molar-refractivity contribution is 0.586. The molecule has 0 atom stereocenters. The van der Waals surface area contributed by atoms with E-state index in [2.05, 4.69) is 31.9 Å². The minimum atomic E-state index is -3.51. The van der Waals surface area contributed by atoms with E-state index in [9.17, 15) is 8.42 Å². The molecule has 2 aromatic rings. The van der Waals surface area contributed by atoms with Gasteiger partial charge in [-0.25, -0.2) is 12.4 Å². The van der Waals surface area contributed by atoms with Crippen LogP contribution in [0, 0.1) is 0 Å². The number of hydrogen-bond acceptors (Lipinski definition) is 2. The summed E-state index contributed by atoms with van der Waals surface area (Å²) in [4.78, 5) is 0.295. The second-order valence-electron chi connectivity index (χ2n) is 3.67.